The number of nitrogens with zero attached hydrogens (tertiary/aromatic N) is 1. The summed E-state index contributed by atoms with van der Waals surface area (Å²) >= 11 is 0. The van der Waals surface area contributed by atoms with Crippen LogP contribution in [0.2, 0.25) is 0 Å². The third-order valence-corrected chi connectivity index (χ3v) is 7.06. The molecule has 0 spiro atoms. The van der Waals surface area contributed by atoms with Crippen molar-refractivity contribution in [3.05, 3.63) is 42.0 Å². The van der Waals surface area contributed by atoms with Crippen molar-refractivity contribution in [2.45, 2.75) is 45.9 Å². The number of rotatable bonds is 7. The fourth-order valence-corrected chi connectivity index (χ4v) is 4.86. The van der Waals surface area contributed by atoms with E-state index >= 15 is 0 Å². The lowest BCUT2D eigenvalue weighted by molar-refractivity contribution is -0.127. The van der Waals surface area contributed by atoms with Crippen molar-refractivity contribution in [3.63, 3.8) is 0 Å². The van der Waals surface area contributed by atoms with Crippen molar-refractivity contribution in [1.82, 2.24) is 0 Å². The first-order valence-electron chi connectivity index (χ1n) is 10.7. The number of hydrogen-bond donors (Lipinski definition) is 1. The predicted molar refractivity (Wildman–Crippen MR) is 126 cm³/mol. The Bertz CT molecular complexity index is 1110. The number of benzene rings is 2. The van der Waals surface area contributed by atoms with E-state index in [2.05, 4.69) is 18.6 Å². The minimum Gasteiger partial charge on any atom is -0.497 e. The molecule has 0 aliphatic carbocycles. The van der Waals surface area contributed by atoms with Gasteiger partial charge in [-0.25, -0.2) is 8.42 Å². The smallest absolute Gasteiger partial charge is 0.262 e. The summed E-state index contributed by atoms with van der Waals surface area (Å²) < 4.78 is 39.8. The van der Waals surface area contributed by atoms with Crippen molar-refractivity contribution in [1.29, 1.82) is 0 Å². The second kappa shape index (κ2) is 9.02. The molecule has 1 N–H and O–H groups in total. The summed E-state index contributed by atoms with van der Waals surface area (Å²) in [5, 5.41) is 0. The summed E-state index contributed by atoms with van der Waals surface area (Å²) in [5.41, 5.74) is 0.922. The highest BCUT2D eigenvalue weighted by Gasteiger charge is 2.37. The van der Waals surface area contributed by atoms with Crippen molar-refractivity contribution < 1.29 is 22.7 Å². The van der Waals surface area contributed by atoms with Crippen LogP contribution in [0.25, 0.3) is 0 Å². The minimum atomic E-state index is -3.81. The van der Waals surface area contributed by atoms with Crippen molar-refractivity contribution in [2.24, 2.45) is 11.3 Å². The van der Waals surface area contributed by atoms with E-state index in [0.717, 1.165) is 6.42 Å². The molecule has 0 saturated carbocycles. The molecule has 1 amide bonds. The average molecular weight is 461 g/mol. The number of amides is 1. The Kier molecular flexibility index (Phi) is 6.74. The van der Waals surface area contributed by atoms with E-state index in [-0.39, 0.29) is 17.4 Å². The minimum absolute atomic E-state index is 0.000844. The lowest BCUT2D eigenvalue weighted by Gasteiger charge is -2.28. The largest absolute Gasteiger partial charge is 0.497 e. The molecule has 2 aromatic carbocycles. The Morgan fingerprint density at radius 3 is 2.53 bits per heavy atom. The van der Waals surface area contributed by atoms with E-state index in [4.69, 9.17) is 9.47 Å². The number of nitrogens with one attached hydrogen (secondary N) is 1. The first-order chi connectivity index (χ1) is 14.9. The van der Waals surface area contributed by atoms with Gasteiger partial charge in [0.1, 0.15) is 18.1 Å². The molecule has 2 aromatic rings. The third-order valence-electron chi connectivity index (χ3n) is 5.52. The van der Waals surface area contributed by atoms with Crippen LogP contribution in [0.1, 0.15) is 39.7 Å². The molecule has 0 atom stereocenters. The van der Waals surface area contributed by atoms with E-state index < -0.39 is 15.4 Å². The fourth-order valence-electron chi connectivity index (χ4n) is 3.58. The summed E-state index contributed by atoms with van der Waals surface area (Å²) in [6.45, 7) is 10.5. The fraction of sp³-hybridized carbons (Fsp3) is 0.458. The molecule has 8 heteroatoms. The number of anilines is 2. The van der Waals surface area contributed by atoms with Gasteiger partial charge in [-0.3, -0.25) is 9.52 Å². The van der Waals surface area contributed by atoms with Crippen LogP contribution in [-0.2, 0) is 14.8 Å². The summed E-state index contributed by atoms with van der Waals surface area (Å²) in [4.78, 5) is 15.1. The molecular weight excluding hydrogens is 428 g/mol. The number of fused-ring (bicyclic) bond motifs is 1. The average Bonchev–Trinajstić information content (AvgIpc) is 2.80. The zero-order valence-electron chi connectivity index (χ0n) is 19.6. The van der Waals surface area contributed by atoms with Crippen molar-refractivity contribution in [3.8, 4) is 11.5 Å². The molecule has 174 valence electrons. The summed E-state index contributed by atoms with van der Waals surface area (Å²) in [6, 6.07) is 9.85. The summed E-state index contributed by atoms with van der Waals surface area (Å²) in [5.74, 6) is 1.52. The number of carbonyl (C=O) groups is 1. The number of carbonyl (C=O) groups excluding carboxylic acids is 1. The Morgan fingerprint density at radius 2 is 1.91 bits per heavy atom. The van der Waals surface area contributed by atoms with Crippen LogP contribution in [0.4, 0.5) is 11.4 Å². The Hall–Kier alpha value is -2.74. The molecular formula is C24H32N2O5S. The maximum Gasteiger partial charge on any atom is 0.262 e. The SMILES string of the molecule is COc1ccc(S(=O)(=O)Nc2ccc3c(c2)OCC(C)(C)C(=O)N3CCC(C)C)c(C)c1. The first-order valence-corrected chi connectivity index (χ1v) is 12.2. The van der Waals surface area contributed by atoms with Gasteiger partial charge in [-0.15, -0.1) is 0 Å². The number of sulfonamides is 1. The van der Waals surface area contributed by atoms with Gasteiger partial charge in [0, 0.05) is 12.6 Å². The lowest BCUT2D eigenvalue weighted by Crippen LogP contribution is -2.42. The maximum absolute atomic E-state index is 13.2. The second-order valence-corrected chi connectivity index (χ2v) is 10.9. The molecule has 3 rings (SSSR count). The standard InChI is InChI=1S/C24H32N2O5S/c1-16(2)11-12-26-20-9-7-18(14-21(20)31-15-24(4,5)23(26)27)25-32(28,29)22-10-8-19(30-6)13-17(22)3/h7-10,13-14,16,25H,11-12,15H2,1-6H3. The van der Waals surface area contributed by atoms with Gasteiger partial charge < -0.3 is 14.4 Å². The van der Waals surface area contributed by atoms with E-state index in [1.165, 1.54) is 13.2 Å². The Balaban J connectivity index is 1.94. The second-order valence-electron chi connectivity index (χ2n) is 9.23. The van der Waals surface area contributed by atoms with Gasteiger partial charge in [-0.1, -0.05) is 13.8 Å². The van der Waals surface area contributed by atoms with E-state index in [0.29, 0.717) is 40.9 Å². The van der Waals surface area contributed by atoms with Crippen LogP contribution >= 0.6 is 0 Å². The highest BCUT2D eigenvalue weighted by molar-refractivity contribution is 7.92. The molecule has 1 aliphatic rings. The molecule has 0 saturated heterocycles. The highest BCUT2D eigenvalue weighted by atomic mass is 32.2. The van der Waals surface area contributed by atoms with Gasteiger partial charge in [-0.05, 0) is 69.0 Å². The normalized spacial score (nSPS) is 15.7. The predicted octanol–water partition coefficient (Wildman–Crippen LogP) is 4.60. The first kappa shape index (κ1) is 23.9. The van der Waals surface area contributed by atoms with Crippen LogP contribution in [0, 0.1) is 18.3 Å². The molecule has 1 heterocycles. The van der Waals surface area contributed by atoms with E-state index in [1.54, 1.807) is 42.2 Å². The lowest BCUT2D eigenvalue weighted by atomic mass is 9.92. The number of methoxy groups -OCH3 is 1. The van der Waals surface area contributed by atoms with Gasteiger partial charge >= 0.3 is 0 Å². The molecule has 0 radical (unpaired) electrons. The van der Waals surface area contributed by atoms with E-state index in [1.807, 2.05) is 13.8 Å². The zero-order chi connectivity index (χ0) is 23.7. The molecule has 0 unspecified atom stereocenters. The monoisotopic (exact) mass is 460 g/mol. The van der Waals surface area contributed by atoms with Gasteiger partial charge in [0.25, 0.3) is 10.0 Å². The van der Waals surface area contributed by atoms with Crippen molar-refractivity contribution >= 4 is 27.3 Å². The van der Waals surface area contributed by atoms with Crippen LogP contribution in [0.5, 0.6) is 11.5 Å². The molecule has 7 nitrogen and oxygen atoms in total. The van der Waals surface area contributed by atoms with Gasteiger partial charge in [-0.2, -0.15) is 0 Å². The molecule has 0 aromatic heterocycles. The maximum atomic E-state index is 13.2. The van der Waals surface area contributed by atoms with Crippen LogP contribution in [0.3, 0.4) is 0 Å². The topological polar surface area (TPSA) is 84.9 Å². The Morgan fingerprint density at radius 1 is 1.19 bits per heavy atom. The van der Waals surface area contributed by atoms with Crippen LogP contribution < -0.4 is 19.1 Å². The number of hydrogen-bond acceptors (Lipinski definition) is 5. The quantitative estimate of drug-likeness (QED) is 0.653. The molecule has 0 bridgehead atoms. The zero-order valence-corrected chi connectivity index (χ0v) is 20.4. The molecule has 32 heavy (non-hydrogen) atoms. The van der Waals surface area contributed by atoms with Gasteiger partial charge in [0.15, 0.2) is 0 Å². The van der Waals surface area contributed by atoms with Crippen molar-refractivity contribution in [2.75, 3.05) is 29.9 Å². The third kappa shape index (κ3) is 5.01. The number of ether oxygens (including phenoxy) is 2. The summed E-state index contributed by atoms with van der Waals surface area (Å²) in [7, 11) is -2.28. The highest BCUT2D eigenvalue weighted by Crippen LogP contribution is 2.39. The van der Waals surface area contributed by atoms with Crippen LogP contribution in [0.15, 0.2) is 41.3 Å². The molecule has 1 aliphatic heterocycles. The van der Waals surface area contributed by atoms with Gasteiger partial charge in [0.05, 0.1) is 28.8 Å². The summed E-state index contributed by atoms with van der Waals surface area (Å²) in [6.07, 6.45) is 0.854. The molecule has 0 fully saturated rings. The van der Waals surface area contributed by atoms with Crippen LogP contribution in [-0.4, -0.2) is 34.6 Å². The number of aryl methyl sites for hydroxylation is 1. The van der Waals surface area contributed by atoms with Gasteiger partial charge in [0.2, 0.25) is 5.91 Å². The Labute approximate surface area is 190 Å². The van der Waals surface area contributed by atoms with E-state index in [9.17, 15) is 13.2 Å².